The van der Waals surface area contributed by atoms with E-state index in [4.69, 9.17) is 0 Å². The lowest BCUT2D eigenvalue weighted by Gasteiger charge is -2.10. The van der Waals surface area contributed by atoms with Crippen LogP contribution in [-0.2, 0) is 6.42 Å². The summed E-state index contributed by atoms with van der Waals surface area (Å²) in [4.78, 5) is 3.57. The van der Waals surface area contributed by atoms with Crippen LogP contribution in [0.4, 0.5) is 5.69 Å². The Kier molecular flexibility index (Phi) is 4.47. The Balaban J connectivity index is 2.05. The molecule has 0 spiro atoms. The first-order valence-electron chi connectivity index (χ1n) is 8.21. The number of aromatic nitrogens is 1. The van der Waals surface area contributed by atoms with Gasteiger partial charge in [0.15, 0.2) is 0 Å². The number of rotatable bonds is 7. The highest BCUT2D eigenvalue weighted by atomic mass is 14.9. The van der Waals surface area contributed by atoms with Crippen molar-refractivity contribution in [2.75, 3.05) is 11.9 Å². The molecule has 0 radical (unpaired) electrons. The summed E-state index contributed by atoms with van der Waals surface area (Å²) in [6.07, 6.45) is 6.61. The summed E-state index contributed by atoms with van der Waals surface area (Å²) in [5.74, 6) is 0. The molecule has 2 heteroatoms. The molecule has 2 aromatic carbocycles. The van der Waals surface area contributed by atoms with E-state index in [1.807, 2.05) is 6.08 Å². The lowest BCUT2D eigenvalue weighted by molar-refractivity contribution is 0.744. The fourth-order valence-corrected chi connectivity index (χ4v) is 3.03. The smallest absolute Gasteiger partial charge is 0.0700 e. The average Bonchev–Trinajstić information content (AvgIpc) is 2.91. The summed E-state index contributed by atoms with van der Waals surface area (Å²) in [5, 5.41) is 6.21. The number of hydrogen-bond acceptors (Lipinski definition) is 1. The van der Waals surface area contributed by atoms with Crippen molar-refractivity contribution < 1.29 is 0 Å². The van der Waals surface area contributed by atoms with E-state index < -0.39 is 0 Å². The number of fused-ring (bicyclic) bond motifs is 3. The molecular formula is C20H24N2. The Morgan fingerprint density at radius 3 is 2.82 bits per heavy atom. The zero-order valence-corrected chi connectivity index (χ0v) is 13.3. The molecule has 0 amide bonds. The van der Waals surface area contributed by atoms with Crippen molar-refractivity contribution in [2.24, 2.45) is 0 Å². The van der Waals surface area contributed by atoms with Crippen LogP contribution in [0.25, 0.3) is 21.8 Å². The minimum Gasteiger partial charge on any atom is -0.383 e. The molecule has 0 saturated carbocycles. The molecule has 0 atom stereocenters. The van der Waals surface area contributed by atoms with Crippen LogP contribution in [0.5, 0.6) is 0 Å². The molecule has 22 heavy (non-hydrogen) atoms. The van der Waals surface area contributed by atoms with Crippen LogP contribution in [0, 0.1) is 0 Å². The van der Waals surface area contributed by atoms with E-state index >= 15 is 0 Å². The van der Waals surface area contributed by atoms with Crippen LogP contribution in [0.2, 0.25) is 0 Å². The van der Waals surface area contributed by atoms with Crippen molar-refractivity contribution in [2.45, 2.75) is 32.6 Å². The fourth-order valence-electron chi connectivity index (χ4n) is 3.03. The molecule has 0 saturated heterocycles. The minimum absolute atomic E-state index is 0.902. The Labute approximate surface area is 132 Å². The van der Waals surface area contributed by atoms with Gasteiger partial charge in [0.1, 0.15) is 0 Å². The van der Waals surface area contributed by atoms with E-state index in [1.54, 1.807) is 0 Å². The van der Waals surface area contributed by atoms with Crippen molar-refractivity contribution in [3.63, 3.8) is 0 Å². The Bertz CT molecular complexity index is 783. The summed E-state index contributed by atoms with van der Waals surface area (Å²) in [6, 6.07) is 13.1. The van der Waals surface area contributed by atoms with Gasteiger partial charge in [-0.05, 0) is 36.6 Å². The largest absolute Gasteiger partial charge is 0.383 e. The van der Waals surface area contributed by atoms with E-state index in [0.29, 0.717) is 0 Å². The highest BCUT2D eigenvalue weighted by Gasteiger charge is 2.09. The van der Waals surface area contributed by atoms with E-state index in [2.05, 4.69) is 60.2 Å². The number of aromatic amines is 1. The SMILES string of the molecule is C=CCc1cc(NCCCCC)c2[nH]c3ccccc3c2c1. The van der Waals surface area contributed by atoms with Crippen molar-refractivity contribution in [1.29, 1.82) is 0 Å². The quantitative estimate of drug-likeness (QED) is 0.427. The molecular weight excluding hydrogens is 268 g/mol. The number of unbranched alkanes of at least 4 members (excludes halogenated alkanes) is 2. The third kappa shape index (κ3) is 2.87. The fraction of sp³-hybridized carbons (Fsp3) is 0.300. The maximum atomic E-state index is 3.87. The zero-order chi connectivity index (χ0) is 15.4. The number of nitrogens with one attached hydrogen (secondary N) is 2. The molecule has 114 valence electrons. The van der Waals surface area contributed by atoms with Crippen LogP contribution in [0.3, 0.4) is 0 Å². The van der Waals surface area contributed by atoms with E-state index in [1.165, 1.54) is 52.3 Å². The molecule has 0 fully saturated rings. The second-order valence-electron chi connectivity index (χ2n) is 5.86. The maximum Gasteiger partial charge on any atom is 0.0700 e. The number of allylic oxidation sites excluding steroid dienone is 1. The van der Waals surface area contributed by atoms with Gasteiger partial charge in [-0.2, -0.15) is 0 Å². The van der Waals surface area contributed by atoms with Crippen LogP contribution in [0.15, 0.2) is 49.1 Å². The first kappa shape index (κ1) is 14.7. The molecule has 1 heterocycles. The van der Waals surface area contributed by atoms with Gasteiger partial charge in [0.2, 0.25) is 0 Å². The molecule has 3 rings (SSSR count). The van der Waals surface area contributed by atoms with E-state index in [9.17, 15) is 0 Å². The first-order valence-corrected chi connectivity index (χ1v) is 8.21. The lowest BCUT2D eigenvalue weighted by Crippen LogP contribution is -2.02. The average molecular weight is 292 g/mol. The molecule has 0 aliphatic heterocycles. The molecule has 2 nitrogen and oxygen atoms in total. The van der Waals surface area contributed by atoms with Gasteiger partial charge in [-0.1, -0.05) is 44.0 Å². The third-order valence-electron chi connectivity index (χ3n) is 4.15. The van der Waals surface area contributed by atoms with Crippen molar-refractivity contribution in [3.05, 3.63) is 54.6 Å². The molecule has 3 aromatic rings. The first-order chi connectivity index (χ1) is 10.8. The number of benzene rings is 2. The van der Waals surface area contributed by atoms with Gasteiger partial charge in [-0.15, -0.1) is 6.58 Å². The second-order valence-corrected chi connectivity index (χ2v) is 5.86. The number of para-hydroxylation sites is 1. The van der Waals surface area contributed by atoms with Crippen molar-refractivity contribution >= 4 is 27.5 Å². The summed E-state index contributed by atoms with van der Waals surface area (Å²) in [6.45, 7) is 7.13. The van der Waals surface area contributed by atoms with Gasteiger partial charge in [-0.25, -0.2) is 0 Å². The molecule has 1 aromatic heterocycles. The number of hydrogen-bond donors (Lipinski definition) is 2. The molecule has 2 N–H and O–H groups in total. The van der Waals surface area contributed by atoms with Gasteiger partial charge >= 0.3 is 0 Å². The predicted molar refractivity (Wildman–Crippen MR) is 97.7 cm³/mol. The van der Waals surface area contributed by atoms with E-state index in [-0.39, 0.29) is 0 Å². The van der Waals surface area contributed by atoms with Gasteiger partial charge in [-0.3, -0.25) is 0 Å². The van der Waals surface area contributed by atoms with Gasteiger partial charge in [0.25, 0.3) is 0 Å². The Morgan fingerprint density at radius 1 is 1.14 bits per heavy atom. The standard InChI is InChI=1S/C20H24N2/c1-3-5-8-12-21-19-14-15(9-4-2)13-17-16-10-6-7-11-18(16)22-20(17)19/h4,6-7,10-11,13-14,21-22H,2-3,5,8-9,12H2,1H3. The highest BCUT2D eigenvalue weighted by Crippen LogP contribution is 2.32. The van der Waals surface area contributed by atoms with Gasteiger partial charge < -0.3 is 10.3 Å². The monoisotopic (exact) mass is 292 g/mol. The molecule has 0 unspecified atom stereocenters. The van der Waals surface area contributed by atoms with Crippen LogP contribution in [0.1, 0.15) is 31.7 Å². The number of anilines is 1. The maximum absolute atomic E-state index is 3.87. The number of H-pyrrole nitrogens is 1. The third-order valence-corrected chi connectivity index (χ3v) is 4.15. The van der Waals surface area contributed by atoms with Crippen LogP contribution in [-0.4, -0.2) is 11.5 Å². The van der Waals surface area contributed by atoms with Crippen LogP contribution < -0.4 is 5.32 Å². The molecule has 0 aliphatic carbocycles. The van der Waals surface area contributed by atoms with Crippen LogP contribution >= 0.6 is 0 Å². The minimum atomic E-state index is 0.902. The Morgan fingerprint density at radius 2 is 2.00 bits per heavy atom. The summed E-state index contributed by atoms with van der Waals surface area (Å²) in [7, 11) is 0. The van der Waals surface area contributed by atoms with Crippen molar-refractivity contribution in [1.82, 2.24) is 4.98 Å². The van der Waals surface area contributed by atoms with Crippen molar-refractivity contribution in [3.8, 4) is 0 Å². The molecule has 0 bridgehead atoms. The zero-order valence-electron chi connectivity index (χ0n) is 13.3. The predicted octanol–water partition coefficient (Wildman–Crippen LogP) is 5.65. The Hall–Kier alpha value is -2.22. The van der Waals surface area contributed by atoms with Gasteiger partial charge in [0.05, 0.1) is 11.2 Å². The van der Waals surface area contributed by atoms with Gasteiger partial charge in [0, 0.05) is 22.8 Å². The normalized spacial score (nSPS) is 11.1. The highest BCUT2D eigenvalue weighted by molar-refractivity contribution is 6.11. The molecule has 0 aliphatic rings. The second kappa shape index (κ2) is 6.69. The summed E-state index contributed by atoms with van der Waals surface area (Å²) < 4.78 is 0. The summed E-state index contributed by atoms with van der Waals surface area (Å²) in [5.41, 5.74) is 4.93. The summed E-state index contributed by atoms with van der Waals surface area (Å²) >= 11 is 0. The topological polar surface area (TPSA) is 27.8 Å². The van der Waals surface area contributed by atoms with E-state index in [0.717, 1.165) is 13.0 Å². The lowest BCUT2D eigenvalue weighted by atomic mass is 10.1.